The molecule has 0 atom stereocenters. The van der Waals surface area contributed by atoms with Crippen molar-refractivity contribution in [3.63, 3.8) is 0 Å². The van der Waals surface area contributed by atoms with Crippen molar-refractivity contribution in [2.75, 3.05) is 0 Å². The molecule has 0 radical (unpaired) electrons. The highest BCUT2D eigenvalue weighted by Crippen LogP contribution is 2.39. The summed E-state index contributed by atoms with van der Waals surface area (Å²) in [7, 11) is 0. The molecule has 21 heavy (non-hydrogen) atoms. The topological polar surface area (TPSA) is 17.1 Å². The number of thiophene rings is 1. The van der Waals surface area contributed by atoms with Crippen LogP contribution in [0.3, 0.4) is 0 Å². The fourth-order valence-electron chi connectivity index (χ4n) is 2.40. The Morgan fingerprint density at radius 1 is 0.952 bits per heavy atom. The first-order valence-corrected chi connectivity index (χ1v) is 8.26. The van der Waals surface area contributed by atoms with Crippen molar-refractivity contribution in [1.82, 2.24) is 0 Å². The minimum absolute atomic E-state index is 0.143. The number of rotatable bonds is 1. The van der Waals surface area contributed by atoms with Gasteiger partial charge in [-0.15, -0.1) is 0 Å². The Bertz CT molecular complexity index is 590. The number of hydrogen-bond acceptors (Lipinski definition) is 2. The minimum Gasteiger partial charge on any atom is -0.289 e. The summed E-state index contributed by atoms with van der Waals surface area (Å²) >= 11 is 1.69. The summed E-state index contributed by atoms with van der Waals surface area (Å²) in [5.41, 5.74) is 3.82. The van der Waals surface area contributed by atoms with E-state index < -0.39 is 0 Å². The molecular formula is C19H24OS. The lowest BCUT2D eigenvalue weighted by molar-refractivity contribution is -0.114. The molecule has 2 rings (SSSR count). The van der Waals surface area contributed by atoms with E-state index in [0.717, 1.165) is 16.7 Å². The first-order chi connectivity index (χ1) is 9.59. The lowest BCUT2D eigenvalue weighted by Gasteiger charge is -2.31. The Kier molecular flexibility index (Phi) is 4.12. The summed E-state index contributed by atoms with van der Waals surface area (Å²) in [6, 6.07) is 2.10. The van der Waals surface area contributed by atoms with Gasteiger partial charge in [-0.05, 0) is 57.0 Å². The maximum Gasteiger partial charge on any atom is 0.186 e. The molecule has 0 bridgehead atoms. The lowest BCUT2D eigenvalue weighted by atomic mass is 9.72. The molecule has 1 heterocycles. The van der Waals surface area contributed by atoms with Crippen molar-refractivity contribution in [2.45, 2.75) is 41.5 Å². The summed E-state index contributed by atoms with van der Waals surface area (Å²) in [6.07, 6.45) is 6.25. The molecular weight excluding hydrogens is 276 g/mol. The quantitative estimate of drug-likeness (QED) is 0.654. The summed E-state index contributed by atoms with van der Waals surface area (Å²) in [5.74, 6) is 0.192. The van der Waals surface area contributed by atoms with Gasteiger partial charge in [0.05, 0.1) is 0 Å². The first kappa shape index (κ1) is 16.0. The molecule has 1 nitrogen and oxygen atoms in total. The van der Waals surface area contributed by atoms with Gasteiger partial charge in [-0.25, -0.2) is 0 Å². The van der Waals surface area contributed by atoms with Gasteiger partial charge in [-0.1, -0.05) is 41.5 Å². The van der Waals surface area contributed by atoms with Crippen LogP contribution in [0, 0.1) is 10.8 Å². The average molecular weight is 300 g/mol. The van der Waals surface area contributed by atoms with E-state index in [1.54, 1.807) is 11.3 Å². The second-order valence-electron chi connectivity index (χ2n) is 7.65. The van der Waals surface area contributed by atoms with E-state index in [4.69, 9.17) is 0 Å². The Morgan fingerprint density at radius 2 is 1.48 bits per heavy atom. The molecule has 0 unspecified atom stereocenters. The van der Waals surface area contributed by atoms with Crippen LogP contribution in [0.5, 0.6) is 0 Å². The zero-order valence-corrected chi connectivity index (χ0v) is 14.6. The van der Waals surface area contributed by atoms with E-state index in [0.29, 0.717) is 0 Å². The fraction of sp³-hybridized carbons (Fsp3) is 0.421. The molecule has 1 aliphatic rings. The van der Waals surface area contributed by atoms with Gasteiger partial charge in [-0.2, -0.15) is 11.3 Å². The van der Waals surface area contributed by atoms with Crippen LogP contribution in [-0.4, -0.2) is 5.78 Å². The molecule has 0 fully saturated rings. The smallest absolute Gasteiger partial charge is 0.186 e. The standard InChI is InChI=1S/C19H24OS/c1-18(2,3)15-10-14(9-13-7-8-21-12-13)11-16(17(15)20)19(4,5)6/h7-12H,1-6H3. The van der Waals surface area contributed by atoms with E-state index in [1.807, 2.05) is 0 Å². The predicted molar refractivity (Wildman–Crippen MR) is 92.4 cm³/mol. The van der Waals surface area contributed by atoms with Gasteiger partial charge >= 0.3 is 0 Å². The Hall–Kier alpha value is -1.41. The van der Waals surface area contributed by atoms with Crippen molar-refractivity contribution >= 4 is 23.2 Å². The maximum absolute atomic E-state index is 12.8. The number of carbonyl (C=O) groups excluding carboxylic acids is 1. The highest BCUT2D eigenvalue weighted by molar-refractivity contribution is 7.08. The van der Waals surface area contributed by atoms with E-state index in [-0.39, 0.29) is 16.6 Å². The van der Waals surface area contributed by atoms with Gasteiger partial charge in [0.2, 0.25) is 0 Å². The van der Waals surface area contributed by atoms with Crippen molar-refractivity contribution in [3.8, 4) is 0 Å². The molecule has 1 aliphatic carbocycles. The van der Waals surface area contributed by atoms with Gasteiger partial charge < -0.3 is 0 Å². The van der Waals surface area contributed by atoms with E-state index in [1.165, 1.54) is 5.56 Å². The summed E-state index contributed by atoms with van der Waals surface area (Å²) in [4.78, 5) is 12.8. The van der Waals surface area contributed by atoms with Crippen LogP contribution < -0.4 is 0 Å². The second kappa shape index (κ2) is 5.42. The number of carbonyl (C=O) groups is 1. The lowest BCUT2D eigenvalue weighted by Crippen LogP contribution is -2.27. The molecule has 0 saturated carbocycles. The van der Waals surface area contributed by atoms with Crippen LogP contribution in [-0.2, 0) is 4.79 Å². The van der Waals surface area contributed by atoms with Crippen molar-refractivity contribution in [2.24, 2.45) is 10.8 Å². The van der Waals surface area contributed by atoms with Crippen LogP contribution in [0.4, 0.5) is 0 Å². The number of allylic oxidation sites excluding steroid dienone is 5. The van der Waals surface area contributed by atoms with Crippen LogP contribution >= 0.6 is 11.3 Å². The van der Waals surface area contributed by atoms with Gasteiger partial charge in [-0.3, -0.25) is 4.79 Å². The molecule has 0 N–H and O–H groups in total. The van der Waals surface area contributed by atoms with Gasteiger partial charge in [0.25, 0.3) is 0 Å². The third-order valence-electron chi connectivity index (χ3n) is 3.60. The van der Waals surface area contributed by atoms with Crippen molar-refractivity contribution < 1.29 is 4.79 Å². The minimum atomic E-state index is -0.143. The van der Waals surface area contributed by atoms with Crippen molar-refractivity contribution in [3.05, 3.63) is 51.3 Å². The SMILES string of the molecule is CC(C)(C)C1=CC(=Cc2ccsc2)C=C(C(C)(C)C)C1=O. The highest BCUT2D eigenvalue weighted by Gasteiger charge is 2.33. The molecule has 2 heteroatoms. The predicted octanol–water partition coefficient (Wildman–Crippen LogP) is 5.66. The molecule has 112 valence electrons. The summed E-state index contributed by atoms with van der Waals surface area (Å²) < 4.78 is 0. The summed E-state index contributed by atoms with van der Waals surface area (Å²) in [6.45, 7) is 12.6. The first-order valence-electron chi connectivity index (χ1n) is 7.32. The third-order valence-corrected chi connectivity index (χ3v) is 4.31. The number of hydrogen-bond donors (Lipinski definition) is 0. The third kappa shape index (κ3) is 3.62. The van der Waals surface area contributed by atoms with Crippen molar-refractivity contribution in [1.29, 1.82) is 0 Å². The van der Waals surface area contributed by atoms with Gasteiger partial charge in [0.15, 0.2) is 5.78 Å². The fourth-order valence-corrected chi connectivity index (χ4v) is 3.02. The van der Waals surface area contributed by atoms with E-state index in [9.17, 15) is 4.79 Å². The monoisotopic (exact) mass is 300 g/mol. The van der Waals surface area contributed by atoms with Crippen LogP contribution in [0.15, 0.2) is 45.7 Å². The largest absolute Gasteiger partial charge is 0.289 e. The Morgan fingerprint density at radius 3 is 1.86 bits per heavy atom. The summed E-state index contributed by atoms with van der Waals surface area (Å²) in [5, 5.41) is 4.20. The molecule has 0 spiro atoms. The molecule has 0 aliphatic heterocycles. The molecule has 0 aromatic carbocycles. The van der Waals surface area contributed by atoms with Gasteiger partial charge in [0, 0.05) is 11.1 Å². The van der Waals surface area contributed by atoms with E-state index in [2.05, 4.69) is 76.6 Å². The molecule has 0 saturated heterocycles. The zero-order valence-electron chi connectivity index (χ0n) is 13.8. The van der Waals surface area contributed by atoms with E-state index >= 15 is 0 Å². The second-order valence-corrected chi connectivity index (χ2v) is 8.43. The maximum atomic E-state index is 12.8. The Balaban J connectivity index is 2.55. The average Bonchev–Trinajstić information content (AvgIpc) is 2.81. The van der Waals surface area contributed by atoms with Crippen LogP contribution in [0.25, 0.3) is 6.08 Å². The molecule has 1 aromatic rings. The van der Waals surface area contributed by atoms with Crippen LogP contribution in [0.1, 0.15) is 47.1 Å². The van der Waals surface area contributed by atoms with Crippen LogP contribution in [0.2, 0.25) is 0 Å². The highest BCUT2D eigenvalue weighted by atomic mass is 32.1. The zero-order chi connectivity index (χ0) is 15.8. The normalized spacial score (nSPS) is 16.7. The number of ketones is 1. The van der Waals surface area contributed by atoms with Gasteiger partial charge in [0.1, 0.15) is 0 Å². The molecule has 1 aromatic heterocycles. The molecule has 0 amide bonds. The Labute approximate surface area is 132 Å². The number of Topliss-reactive ketones (excluding diaryl/α,β-unsaturated/α-hetero) is 1.